The van der Waals surface area contributed by atoms with Gasteiger partial charge in [-0.05, 0) is 52.5 Å². The predicted octanol–water partition coefficient (Wildman–Crippen LogP) is 3.52. The maximum Gasteiger partial charge on any atom is 0.338 e. The van der Waals surface area contributed by atoms with Gasteiger partial charge in [0.25, 0.3) is 11.8 Å². The Hall–Kier alpha value is -3.53. The van der Waals surface area contributed by atoms with Gasteiger partial charge in [0.05, 0.1) is 12.7 Å². The molecular formula is C27H39N3O7. The zero-order chi connectivity index (χ0) is 27.6. The highest BCUT2D eigenvalue weighted by Crippen LogP contribution is 2.17. The standard InChI is InChI=1S/C27H39N3O7/c1-6-7-13-36-14-9-12-28-26(33)21-16-22(35-5)25(29-17-21)27(34)30-18-24(32)37-23(31)15-20(4)11-8-10-19(2)3/h10,15-17H,6-9,11-14,18H2,1-5H3,(H,28,33)(H,30,34)/b20-15+. The molecule has 0 aliphatic heterocycles. The smallest absolute Gasteiger partial charge is 0.338 e. The number of hydrogen-bond acceptors (Lipinski definition) is 8. The number of pyridine rings is 1. The molecule has 0 spiro atoms. The summed E-state index contributed by atoms with van der Waals surface area (Å²) in [5.74, 6) is -2.73. The summed E-state index contributed by atoms with van der Waals surface area (Å²) in [6.07, 6.45) is 8.75. The molecule has 1 aromatic heterocycles. The third-order valence-electron chi connectivity index (χ3n) is 5.01. The van der Waals surface area contributed by atoms with E-state index in [1.54, 1.807) is 6.92 Å². The van der Waals surface area contributed by atoms with Crippen molar-refractivity contribution >= 4 is 23.8 Å². The molecule has 10 heteroatoms. The SMILES string of the molecule is CCCCOCCCNC(=O)c1cnc(C(=O)NCC(=O)OC(=O)/C=C(\C)CCC=C(C)C)c(OC)c1. The Labute approximate surface area is 218 Å². The second-order valence-electron chi connectivity index (χ2n) is 8.64. The van der Waals surface area contributed by atoms with Gasteiger partial charge in [-0.1, -0.05) is 30.6 Å². The predicted molar refractivity (Wildman–Crippen MR) is 139 cm³/mol. The van der Waals surface area contributed by atoms with Gasteiger partial charge in [-0.25, -0.2) is 14.6 Å². The molecule has 0 aliphatic rings. The molecule has 0 aliphatic carbocycles. The van der Waals surface area contributed by atoms with Gasteiger partial charge < -0.3 is 24.8 Å². The number of allylic oxidation sites excluding steroid dienone is 3. The molecule has 0 unspecified atom stereocenters. The average Bonchev–Trinajstić information content (AvgIpc) is 2.85. The lowest BCUT2D eigenvalue weighted by molar-refractivity contribution is -0.155. The number of carbonyl (C=O) groups excluding carboxylic acids is 4. The first-order valence-corrected chi connectivity index (χ1v) is 12.4. The molecule has 1 aromatic rings. The molecule has 0 aromatic carbocycles. The van der Waals surface area contributed by atoms with Gasteiger partial charge in [0.15, 0.2) is 11.4 Å². The number of ether oxygens (including phenoxy) is 3. The highest BCUT2D eigenvalue weighted by Gasteiger charge is 2.19. The van der Waals surface area contributed by atoms with Crippen molar-refractivity contribution in [2.45, 2.75) is 59.8 Å². The first kappa shape index (κ1) is 31.5. The fraction of sp³-hybridized carbons (Fsp3) is 0.519. The van der Waals surface area contributed by atoms with Crippen LogP contribution in [0.3, 0.4) is 0 Å². The first-order valence-electron chi connectivity index (χ1n) is 12.4. The van der Waals surface area contributed by atoms with Crippen LogP contribution in [-0.2, 0) is 19.1 Å². The molecule has 0 fully saturated rings. The Morgan fingerprint density at radius 3 is 2.43 bits per heavy atom. The van der Waals surface area contributed by atoms with Gasteiger partial charge in [-0.3, -0.25) is 9.59 Å². The van der Waals surface area contributed by atoms with Crippen LogP contribution in [0.5, 0.6) is 5.75 Å². The number of nitrogens with one attached hydrogen (secondary N) is 2. The lowest BCUT2D eigenvalue weighted by atomic mass is 10.1. The van der Waals surface area contributed by atoms with Crippen LogP contribution in [0, 0.1) is 0 Å². The summed E-state index contributed by atoms with van der Waals surface area (Å²) in [5, 5.41) is 5.10. The fourth-order valence-electron chi connectivity index (χ4n) is 3.00. The molecular weight excluding hydrogens is 478 g/mol. The average molecular weight is 518 g/mol. The molecule has 0 atom stereocenters. The maximum absolute atomic E-state index is 12.5. The summed E-state index contributed by atoms with van der Waals surface area (Å²) in [7, 11) is 1.34. The van der Waals surface area contributed by atoms with Gasteiger partial charge in [-0.2, -0.15) is 0 Å². The number of esters is 2. The van der Waals surface area contributed by atoms with Gasteiger partial charge in [-0.15, -0.1) is 0 Å². The third kappa shape index (κ3) is 13.4. The number of nitrogens with zero attached hydrogens (tertiary/aromatic N) is 1. The first-order chi connectivity index (χ1) is 17.7. The number of amides is 2. The van der Waals surface area contributed by atoms with Crippen molar-refractivity contribution in [1.82, 2.24) is 15.6 Å². The highest BCUT2D eigenvalue weighted by molar-refractivity contribution is 6.00. The summed E-state index contributed by atoms with van der Waals surface area (Å²) in [6.45, 7) is 9.00. The molecule has 0 saturated carbocycles. The van der Waals surface area contributed by atoms with Crippen molar-refractivity contribution in [2.75, 3.05) is 33.4 Å². The number of rotatable bonds is 16. The second kappa shape index (κ2) is 17.8. The maximum atomic E-state index is 12.5. The van der Waals surface area contributed by atoms with Gasteiger partial charge in [0.1, 0.15) is 6.54 Å². The molecule has 1 rings (SSSR count). The van der Waals surface area contributed by atoms with E-state index in [2.05, 4.69) is 28.6 Å². The van der Waals surface area contributed by atoms with Crippen molar-refractivity contribution < 1.29 is 33.4 Å². The quantitative estimate of drug-likeness (QED) is 0.112. The van der Waals surface area contributed by atoms with E-state index >= 15 is 0 Å². The lowest BCUT2D eigenvalue weighted by Crippen LogP contribution is -2.32. The topological polar surface area (TPSA) is 133 Å². The van der Waals surface area contributed by atoms with Crippen LogP contribution >= 0.6 is 0 Å². The third-order valence-corrected chi connectivity index (χ3v) is 5.01. The van der Waals surface area contributed by atoms with Crippen molar-refractivity contribution in [3.63, 3.8) is 0 Å². The summed E-state index contributed by atoms with van der Waals surface area (Å²) in [4.78, 5) is 52.7. The summed E-state index contributed by atoms with van der Waals surface area (Å²) in [5.41, 5.74) is 2.07. The minimum atomic E-state index is -0.916. The molecule has 0 bridgehead atoms. The van der Waals surface area contributed by atoms with E-state index in [0.717, 1.165) is 24.8 Å². The Bertz CT molecular complexity index is 982. The summed E-state index contributed by atoms with van der Waals surface area (Å²) < 4.78 is 15.4. The molecule has 37 heavy (non-hydrogen) atoms. The Balaban J connectivity index is 2.55. The zero-order valence-electron chi connectivity index (χ0n) is 22.5. The largest absolute Gasteiger partial charge is 0.494 e. The summed E-state index contributed by atoms with van der Waals surface area (Å²) >= 11 is 0. The summed E-state index contributed by atoms with van der Waals surface area (Å²) in [6, 6.07) is 1.39. The minimum Gasteiger partial charge on any atom is -0.494 e. The number of unbranched alkanes of at least 4 members (excludes halogenated alkanes) is 1. The minimum absolute atomic E-state index is 0.0624. The van der Waals surface area contributed by atoms with Crippen LogP contribution in [0.1, 0.15) is 80.6 Å². The van der Waals surface area contributed by atoms with Crippen molar-refractivity contribution in [3.05, 3.63) is 46.8 Å². The van der Waals surface area contributed by atoms with E-state index in [9.17, 15) is 19.2 Å². The van der Waals surface area contributed by atoms with Crippen molar-refractivity contribution in [2.24, 2.45) is 0 Å². The van der Waals surface area contributed by atoms with Crippen LogP contribution in [0.2, 0.25) is 0 Å². The normalized spacial score (nSPS) is 10.9. The zero-order valence-corrected chi connectivity index (χ0v) is 22.5. The van der Waals surface area contributed by atoms with Crippen molar-refractivity contribution in [1.29, 1.82) is 0 Å². The van der Waals surface area contributed by atoms with Gasteiger partial charge in [0.2, 0.25) is 0 Å². The molecule has 0 saturated heterocycles. The fourth-order valence-corrected chi connectivity index (χ4v) is 3.00. The number of hydrogen-bond donors (Lipinski definition) is 2. The van der Waals surface area contributed by atoms with Crippen LogP contribution < -0.4 is 15.4 Å². The van der Waals surface area contributed by atoms with E-state index in [1.807, 2.05) is 13.8 Å². The Morgan fingerprint density at radius 1 is 1.03 bits per heavy atom. The Kier molecular flexibility index (Phi) is 15.2. The number of methoxy groups -OCH3 is 1. The van der Waals surface area contributed by atoms with E-state index in [-0.39, 0.29) is 22.9 Å². The van der Waals surface area contributed by atoms with E-state index in [1.165, 1.54) is 31.0 Å². The molecule has 10 nitrogen and oxygen atoms in total. The number of aromatic nitrogens is 1. The van der Waals surface area contributed by atoms with Gasteiger partial charge >= 0.3 is 11.9 Å². The van der Waals surface area contributed by atoms with Crippen LogP contribution in [-0.4, -0.2) is 62.2 Å². The van der Waals surface area contributed by atoms with Crippen LogP contribution in [0.25, 0.3) is 0 Å². The lowest BCUT2D eigenvalue weighted by Gasteiger charge is -2.10. The molecule has 1 heterocycles. The molecule has 2 N–H and O–H groups in total. The highest BCUT2D eigenvalue weighted by atomic mass is 16.6. The molecule has 2 amide bonds. The van der Waals surface area contributed by atoms with Crippen molar-refractivity contribution in [3.8, 4) is 5.75 Å². The van der Waals surface area contributed by atoms with Gasteiger partial charge in [0, 0.05) is 32.0 Å². The van der Waals surface area contributed by atoms with E-state index in [4.69, 9.17) is 14.2 Å². The monoisotopic (exact) mass is 517 g/mol. The van der Waals surface area contributed by atoms with E-state index in [0.29, 0.717) is 32.6 Å². The van der Waals surface area contributed by atoms with Crippen LogP contribution in [0.15, 0.2) is 35.6 Å². The van der Waals surface area contributed by atoms with E-state index < -0.39 is 24.4 Å². The van der Waals surface area contributed by atoms with Crippen LogP contribution in [0.4, 0.5) is 0 Å². The molecule has 204 valence electrons. The second-order valence-corrected chi connectivity index (χ2v) is 8.64. The Morgan fingerprint density at radius 2 is 1.76 bits per heavy atom. The number of carbonyl (C=O) groups is 4. The molecule has 0 radical (unpaired) electrons.